The molecule has 2 aliphatic rings. The normalized spacial score (nSPS) is 13.4. The zero-order chi connectivity index (χ0) is 54.5. The Balaban J connectivity index is 0.777. The van der Waals surface area contributed by atoms with Gasteiger partial charge in [-0.05, 0) is 186 Å². The van der Waals surface area contributed by atoms with E-state index in [2.05, 4.69) is 293 Å². The van der Waals surface area contributed by atoms with Crippen LogP contribution in [0.4, 0.5) is 0 Å². The van der Waals surface area contributed by atoms with Crippen LogP contribution in [0.15, 0.2) is 243 Å². The molecule has 2 nitrogen and oxygen atoms in total. The van der Waals surface area contributed by atoms with Crippen molar-refractivity contribution in [3.8, 4) is 75.4 Å². The number of para-hydroxylation sites is 2. The molecule has 0 saturated heterocycles. The first kappa shape index (κ1) is 48.1. The predicted molar refractivity (Wildman–Crippen MR) is 346 cm³/mol. The molecule has 0 unspecified atom stereocenters. The molecular weight excluding hydrogens is 1020 g/mol. The van der Waals surface area contributed by atoms with Crippen molar-refractivity contribution in [2.75, 3.05) is 0 Å². The van der Waals surface area contributed by atoms with Gasteiger partial charge < -0.3 is 9.13 Å². The summed E-state index contributed by atoms with van der Waals surface area (Å²) < 4.78 is 4.85. The number of aromatic nitrogens is 2. The van der Waals surface area contributed by atoms with Gasteiger partial charge in [-0.1, -0.05) is 187 Å². The molecule has 0 saturated carbocycles. The van der Waals surface area contributed by atoms with Gasteiger partial charge in [-0.3, -0.25) is 0 Å². The zero-order valence-electron chi connectivity index (χ0n) is 46.3. The summed E-state index contributed by atoms with van der Waals surface area (Å²) in [7, 11) is 0. The average Bonchev–Trinajstić information content (AvgIpc) is 2.79. The fourth-order valence-electron chi connectivity index (χ4n) is 13.8. The number of fused-ring (bicyclic) bond motifs is 16. The summed E-state index contributed by atoms with van der Waals surface area (Å²) in [4.78, 5) is 5.07. The molecule has 0 bridgehead atoms. The van der Waals surface area contributed by atoms with E-state index in [1.165, 1.54) is 152 Å². The third kappa shape index (κ3) is 7.23. The maximum atomic E-state index is 2.53. The van der Waals surface area contributed by atoms with Crippen LogP contribution in [0.3, 0.4) is 0 Å². The number of rotatable bonds is 6. The second-order valence-electron chi connectivity index (χ2n) is 24.5. The fraction of sp³-hybridized carbons (Fsp3) is 0.117. The average molecular weight is 1080 g/mol. The molecule has 81 heavy (non-hydrogen) atoms. The van der Waals surface area contributed by atoms with Crippen LogP contribution in [-0.2, 0) is 16.2 Å². The van der Waals surface area contributed by atoms with Gasteiger partial charge in [0, 0.05) is 52.4 Å². The van der Waals surface area contributed by atoms with Gasteiger partial charge in [-0.25, -0.2) is 0 Å². The van der Waals surface area contributed by atoms with Gasteiger partial charge in [0.05, 0.1) is 27.5 Å². The molecule has 1 spiro atoms. The first-order valence-corrected chi connectivity index (χ1v) is 30.0. The minimum Gasteiger partial charge on any atom is -0.309 e. The molecule has 4 heteroatoms. The molecule has 2 aliphatic carbocycles. The Hall–Kier alpha value is -8.80. The van der Waals surface area contributed by atoms with Crippen LogP contribution in [0.2, 0.25) is 0 Å². The molecule has 0 radical (unpaired) electrons. The summed E-state index contributed by atoms with van der Waals surface area (Å²) in [6.07, 6.45) is 0. The molecule has 0 atom stereocenters. The number of thiophene rings is 2. The smallest absolute Gasteiger partial charge is 0.0725 e. The molecule has 14 aromatic rings. The van der Waals surface area contributed by atoms with Crippen LogP contribution in [-0.4, -0.2) is 9.13 Å². The zero-order valence-corrected chi connectivity index (χ0v) is 47.9. The Labute approximate surface area is 481 Å². The van der Waals surface area contributed by atoms with Crippen molar-refractivity contribution in [1.29, 1.82) is 0 Å². The maximum absolute atomic E-state index is 2.53. The van der Waals surface area contributed by atoms with E-state index < -0.39 is 5.41 Å². The van der Waals surface area contributed by atoms with Crippen LogP contribution in [0.1, 0.15) is 74.9 Å². The standard InChI is InChI=1S/C77H58N2S2/c1-75(2,3)51-27-31-53(32-28-51)78-67-21-13-9-17-59(67)61-43-47(25-37-69(61)78)71-39-41-73(80-71)49-23-35-57-58-36-24-50(46-66(58)77(65(57)45-49)63-19-11-7-15-55(63)56-16-8-12-20-64(56)77)74-42-40-72(81-74)48-26-38-70-62(44-48)60-18-10-14-22-68(60)79(70)54-33-29-52(30-34-54)76(4,5)6/h7-46H,1-6H3. The Kier molecular flexibility index (Phi) is 10.5. The van der Waals surface area contributed by atoms with E-state index in [1.807, 2.05) is 22.7 Å². The Morgan fingerprint density at radius 1 is 0.284 bits per heavy atom. The van der Waals surface area contributed by atoms with E-state index in [4.69, 9.17) is 0 Å². The Morgan fingerprint density at radius 3 is 1.02 bits per heavy atom. The van der Waals surface area contributed by atoms with Gasteiger partial charge in [0.15, 0.2) is 0 Å². The lowest BCUT2D eigenvalue weighted by Crippen LogP contribution is -2.26. The van der Waals surface area contributed by atoms with Crippen molar-refractivity contribution in [3.63, 3.8) is 0 Å². The molecule has 4 aromatic heterocycles. The van der Waals surface area contributed by atoms with Gasteiger partial charge in [0.1, 0.15) is 0 Å². The van der Waals surface area contributed by atoms with E-state index >= 15 is 0 Å². The van der Waals surface area contributed by atoms with Crippen LogP contribution in [0, 0.1) is 0 Å². The highest BCUT2D eigenvalue weighted by Gasteiger charge is 2.52. The molecule has 0 N–H and O–H groups in total. The van der Waals surface area contributed by atoms with Crippen LogP contribution in [0.25, 0.3) is 119 Å². The van der Waals surface area contributed by atoms with Gasteiger partial charge in [-0.15, -0.1) is 22.7 Å². The molecular formula is C77H58N2S2. The number of benzene rings is 10. The second-order valence-corrected chi connectivity index (χ2v) is 26.6. The van der Waals surface area contributed by atoms with Crippen LogP contribution < -0.4 is 0 Å². The van der Waals surface area contributed by atoms with Gasteiger partial charge in [-0.2, -0.15) is 0 Å². The summed E-state index contributed by atoms with van der Waals surface area (Å²) in [5.74, 6) is 0. The molecule has 16 rings (SSSR count). The Morgan fingerprint density at radius 2 is 0.617 bits per heavy atom. The van der Waals surface area contributed by atoms with Crippen molar-refractivity contribution in [3.05, 3.63) is 276 Å². The lowest BCUT2D eigenvalue weighted by Gasteiger charge is -2.31. The quantitative estimate of drug-likeness (QED) is 0.157. The van der Waals surface area contributed by atoms with Gasteiger partial charge in [0.25, 0.3) is 0 Å². The topological polar surface area (TPSA) is 9.86 Å². The van der Waals surface area contributed by atoms with Crippen LogP contribution >= 0.6 is 22.7 Å². The lowest BCUT2D eigenvalue weighted by molar-refractivity contribution is 0.590. The third-order valence-electron chi connectivity index (χ3n) is 17.8. The highest BCUT2D eigenvalue weighted by atomic mass is 32.1. The van der Waals surface area contributed by atoms with Crippen LogP contribution in [0.5, 0.6) is 0 Å². The summed E-state index contributed by atoms with van der Waals surface area (Å²) in [5, 5.41) is 5.08. The number of hydrogen-bond acceptors (Lipinski definition) is 2. The highest BCUT2D eigenvalue weighted by Crippen LogP contribution is 2.64. The molecule has 4 heterocycles. The molecule has 0 aliphatic heterocycles. The first-order valence-electron chi connectivity index (χ1n) is 28.4. The highest BCUT2D eigenvalue weighted by molar-refractivity contribution is 7.19. The number of nitrogens with zero attached hydrogens (tertiary/aromatic N) is 2. The van der Waals surface area contributed by atoms with Crippen molar-refractivity contribution in [2.24, 2.45) is 0 Å². The minimum atomic E-state index is -0.483. The summed E-state index contributed by atoms with van der Waals surface area (Å²) in [6.45, 7) is 13.7. The van der Waals surface area contributed by atoms with Crippen molar-refractivity contribution >= 4 is 66.3 Å². The van der Waals surface area contributed by atoms with Crippen molar-refractivity contribution in [1.82, 2.24) is 9.13 Å². The van der Waals surface area contributed by atoms with E-state index in [1.54, 1.807) is 0 Å². The number of hydrogen-bond donors (Lipinski definition) is 0. The SMILES string of the molecule is CC(C)(C)c1ccc(-n2c3ccccc3c3cc(-c4ccc(-c5ccc6c(c5)C5(c7ccccc7-c7ccccc75)c5cc(-c7ccc(-c8ccc9c(c8)c8ccccc8n9-c8ccc(C(C)(C)C)cc8)s7)ccc5-6)s4)ccc32)cc1. The summed E-state index contributed by atoms with van der Waals surface area (Å²) >= 11 is 3.77. The molecule has 0 fully saturated rings. The van der Waals surface area contributed by atoms with E-state index in [0.717, 1.165) is 0 Å². The Bertz CT molecular complexity index is 4570. The largest absolute Gasteiger partial charge is 0.309 e. The van der Waals surface area contributed by atoms with Crippen molar-refractivity contribution < 1.29 is 0 Å². The second kappa shape index (κ2) is 17.6. The predicted octanol–water partition coefficient (Wildman–Crippen LogP) is 21.6. The first-order chi connectivity index (χ1) is 39.4. The fourth-order valence-corrected chi connectivity index (χ4v) is 15.8. The van der Waals surface area contributed by atoms with Gasteiger partial charge in [0.2, 0.25) is 0 Å². The van der Waals surface area contributed by atoms with Gasteiger partial charge >= 0.3 is 0 Å². The molecule has 388 valence electrons. The van der Waals surface area contributed by atoms with E-state index in [9.17, 15) is 0 Å². The lowest BCUT2D eigenvalue weighted by atomic mass is 9.70. The molecule has 0 amide bonds. The molecule has 10 aromatic carbocycles. The monoisotopic (exact) mass is 1070 g/mol. The summed E-state index contributed by atoms with van der Waals surface area (Å²) in [6, 6.07) is 92.4. The van der Waals surface area contributed by atoms with Crippen molar-refractivity contribution in [2.45, 2.75) is 57.8 Å². The minimum absolute atomic E-state index is 0.0962. The summed E-state index contributed by atoms with van der Waals surface area (Å²) in [5.41, 5.74) is 25.3. The van der Waals surface area contributed by atoms with E-state index in [-0.39, 0.29) is 10.8 Å². The van der Waals surface area contributed by atoms with E-state index in [0.29, 0.717) is 0 Å². The third-order valence-corrected chi connectivity index (χ3v) is 20.1. The maximum Gasteiger partial charge on any atom is 0.0725 e.